The predicted octanol–water partition coefficient (Wildman–Crippen LogP) is 3.07. The van der Waals surface area contributed by atoms with Crippen LogP contribution < -0.4 is 10.5 Å². The first-order chi connectivity index (χ1) is 9.94. The number of hydrogen-bond acceptors (Lipinski definition) is 3. The quantitative estimate of drug-likeness (QED) is 0.891. The molecule has 0 aromatic heterocycles. The fraction of sp³-hybridized carbons (Fsp3) is 0.250. The van der Waals surface area contributed by atoms with Gasteiger partial charge in [-0.1, -0.05) is 44.2 Å². The molecule has 21 heavy (non-hydrogen) atoms. The van der Waals surface area contributed by atoms with E-state index in [1.807, 2.05) is 18.2 Å². The van der Waals surface area contributed by atoms with Crippen LogP contribution in [0.2, 0.25) is 0 Å². The summed E-state index contributed by atoms with van der Waals surface area (Å²) in [6.45, 7) is 4.32. The summed E-state index contributed by atoms with van der Waals surface area (Å²) in [7, 11) is -3.63. The van der Waals surface area contributed by atoms with E-state index in [9.17, 15) is 8.42 Å². The Balaban J connectivity index is 2.35. The van der Waals surface area contributed by atoms with Crippen molar-refractivity contribution in [3.8, 4) is 0 Å². The summed E-state index contributed by atoms with van der Waals surface area (Å²) in [5.41, 5.74) is 7.86. The van der Waals surface area contributed by atoms with Gasteiger partial charge in [-0.25, -0.2) is 8.42 Å². The first-order valence-corrected chi connectivity index (χ1v) is 8.33. The fourth-order valence-corrected chi connectivity index (χ4v) is 3.41. The van der Waals surface area contributed by atoms with Crippen LogP contribution in [0.1, 0.15) is 30.9 Å². The number of nitrogens with one attached hydrogen (secondary N) is 1. The maximum absolute atomic E-state index is 12.5. The smallest absolute Gasteiger partial charge is 0.262 e. The SMILES string of the molecule is CC(C)c1cccc(NS(=O)(=O)c2ccccc2CN)c1. The first-order valence-electron chi connectivity index (χ1n) is 6.85. The summed E-state index contributed by atoms with van der Waals surface area (Å²) in [5, 5.41) is 0. The molecule has 0 radical (unpaired) electrons. The van der Waals surface area contributed by atoms with Gasteiger partial charge in [0.15, 0.2) is 0 Å². The minimum atomic E-state index is -3.63. The molecule has 3 N–H and O–H groups in total. The van der Waals surface area contributed by atoms with Gasteiger partial charge in [-0.3, -0.25) is 4.72 Å². The summed E-state index contributed by atoms with van der Waals surface area (Å²) in [4.78, 5) is 0.224. The standard InChI is InChI=1S/C16H20N2O2S/c1-12(2)13-7-5-8-15(10-13)18-21(19,20)16-9-4-3-6-14(16)11-17/h3-10,12,18H,11,17H2,1-2H3. The third-order valence-corrected chi connectivity index (χ3v) is 4.77. The lowest BCUT2D eigenvalue weighted by Crippen LogP contribution is -2.16. The highest BCUT2D eigenvalue weighted by Gasteiger charge is 2.17. The van der Waals surface area contributed by atoms with Crippen LogP contribution in [0.5, 0.6) is 0 Å². The molecule has 0 aliphatic carbocycles. The molecule has 0 unspecified atom stereocenters. The lowest BCUT2D eigenvalue weighted by molar-refractivity contribution is 0.600. The minimum Gasteiger partial charge on any atom is -0.326 e. The molecule has 0 spiro atoms. The van der Waals surface area contributed by atoms with Crippen molar-refractivity contribution in [1.29, 1.82) is 0 Å². The van der Waals surface area contributed by atoms with Gasteiger partial charge in [0.1, 0.15) is 0 Å². The van der Waals surface area contributed by atoms with Gasteiger partial charge < -0.3 is 5.73 Å². The van der Waals surface area contributed by atoms with E-state index in [1.54, 1.807) is 30.3 Å². The van der Waals surface area contributed by atoms with Crippen LogP contribution in [0.4, 0.5) is 5.69 Å². The Kier molecular flexibility index (Phi) is 4.65. The van der Waals surface area contributed by atoms with Crippen molar-refractivity contribution < 1.29 is 8.42 Å². The van der Waals surface area contributed by atoms with Crippen molar-refractivity contribution in [1.82, 2.24) is 0 Å². The van der Waals surface area contributed by atoms with Gasteiger partial charge in [-0.05, 0) is 35.2 Å². The number of nitrogens with two attached hydrogens (primary N) is 1. The molecule has 0 amide bonds. The highest BCUT2D eigenvalue weighted by atomic mass is 32.2. The molecule has 0 saturated carbocycles. The molecule has 0 bridgehead atoms. The number of hydrogen-bond donors (Lipinski definition) is 2. The Bertz CT molecular complexity index is 725. The van der Waals surface area contributed by atoms with Crippen molar-refractivity contribution in [3.05, 3.63) is 59.7 Å². The molecule has 0 aliphatic heterocycles. The van der Waals surface area contributed by atoms with E-state index < -0.39 is 10.0 Å². The van der Waals surface area contributed by atoms with Gasteiger partial charge in [0.25, 0.3) is 10.0 Å². The van der Waals surface area contributed by atoms with Crippen LogP contribution in [0.3, 0.4) is 0 Å². The highest BCUT2D eigenvalue weighted by molar-refractivity contribution is 7.92. The summed E-state index contributed by atoms with van der Waals surface area (Å²) < 4.78 is 27.6. The van der Waals surface area contributed by atoms with Crippen molar-refractivity contribution in [2.75, 3.05) is 4.72 Å². The molecule has 0 atom stereocenters. The summed E-state index contributed by atoms with van der Waals surface area (Å²) in [6, 6.07) is 14.2. The van der Waals surface area contributed by atoms with Gasteiger partial charge in [0.2, 0.25) is 0 Å². The van der Waals surface area contributed by atoms with Crippen molar-refractivity contribution in [2.45, 2.75) is 31.2 Å². The zero-order valence-electron chi connectivity index (χ0n) is 12.2. The molecule has 5 heteroatoms. The second-order valence-electron chi connectivity index (χ2n) is 5.20. The van der Waals surface area contributed by atoms with E-state index in [0.29, 0.717) is 17.2 Å². The second kappa shape index (κ2) is 6.28. The van der Waals surface area contributed by atoms with Gasteiger partial charge >= 0.3 is 0 Å². The molecule has 2 rings (SSSR count). The van der Waals surface area contributed by atoms with Gasteiger partial charge in [0, 0.05) is 12.2 Å². The average Bonchev–Trinajstić information content (AvgIpc) is 2.47. The number of anilines is 1. The van der Waals surface area contributed by atoms with E-state index in [0.717, 1.165) is 5.56 Å². The van der Waals surface area contributed by atoms with Crippen LogP contribution in [0, 0.1) is 0 Å². The fourth-order valence-electron chi connectivity index (χ4n) is 2.11. The zero-order chi connectivity index (χ0) is 15.5. The number of sulfonamides is 1. The molecular formula is C16H20N2O2S. The van der Waals surface area contributed by atoms with Crippen LogP contribution in [-0.2, 0) is 16.6 Å². The van der Waals surface area contributed by atoms with Crippen molar-refractivity contribution >= 4 is 15.7 Å². The summed E-state index contributed by atoms with van der Waals surface area (Å²) in [6.07, 6.45) is 0. The van der Waals surface area contributed by atoms with E-state index in [2.05, 4.69) is 18.6 Å². The largest absolute Gasteiger partial charge is 0.326 e. The predicted molar refractivity (Wildman–Crippen MR) is 85.7 cm³/mol. The molecule has 0 fully saturated rings. The Labute approximate surface area is 126 Å². The minimum absolute atomic E-state index is 0.184. The first kappa shape index (κ1) is 15.5. The molecule has 2 aromatic rings. The van der Waals surface area contributed by atoms with Crippen molar-refractivity contribution in [3.63, 3.8) is 0 Å². The second-order valence-corrected chi connectivity index (χ2v) is 6.85. The summed E-state index contributed by atoms with van der Waals surface area (Å²) in [5.74, 6) is 0.339. The number of rotatable bonds is 5. The lowest BCUT2D eigenvalue weighted by Gasteiger charge is -2.13. The Morgan fingerprint density at radius 3 is 2.48 bits per heavy atom. The normalized spacial score (nSPS) is 11.6. The van der Waals surface area contributed by atoms with Crippen LogP contribution in [0.25, 0.3) is 0 Å². The van der Waals surface area contributed by atoms with E-state index in [1.165, 1.54) is 0 Å². The Morgan fingerprint density at radius 1 is 1.10 bits per heavy atom. The topological polar surface area (TPSA) is 72.2 Å². The van der Waals surface area contributed by atoms with Crippen LogP contribution >= 0.6 is 0 Å². The average molecular weight is 304 g/mol. The molecule has 2 aromatic carbocycles. The van der Waals surface area contributed by atoms with E-state index in [-0.39, 0.29) is 11.4 Å². The lowest BCUT2D eigenvalue weighted by atomic mass is 10.0. The Hall–Kier alpha value is -1.85. The van der Waals surface area contributed by atoms with E-state index >= 15 is 0 Å². The van der Waals surface area contributed by atoms with Gasteiger partial charge in [0.05, 0.1) is 4.90 Å². The zero-order valence-corrected chi connectivity index (χ0v) is 13.0. The van der Waals surface area contributed by atoms with Crippen LogP contribution in [-0.4, -0.2) is 8.42 Å². The molecule has 4 nitrogen and oxygen atoms in total. The van der Waals surface area contributed by atoms with Crippen molar-refractivity contribution in [2.24, 2.45) is 5.73 Å². The monoisotopic (exact) mass is 304 g/mol. The maximum atomic E-state index is 12.5. The highest BCUT2D eigenvalue weighted by Crippen LogP contribution is 2.22. The molecule has 112 valence electrons. The van der Waals surface area contributed by atoms with E-state index in [4.69, 9.17) is 5.73 Å². The summed E-state index contributed by atoms with van der Waals surface area (Å²) >= 11 is 0. The molecule has 0 aliphatic rings. The third-order valence-electron chi connectivity index (χ3n) is 3.29. The van der Waals surface area contributed by atoms with Gasteiger partial charge in [-0.15, -0.1) is 0 Å². The van der Waals surface area contributed by atoms with Crippen LogP contribution in [0.15, 0.2) is 53.4 Å². The van der Waals surface area contributed by atoms with Gasteiger partial charge in [-0.2, -0.15) is 0 Å². The maximum Gasteiger partial charge on any atom is 0.262 e. The molecule has 0 heterocycles. The third kappa shape index (κ3) is 3.62. The molecular weight excluding hydrogens is 284 g/mol. The molecule has 0 saturated heterocycles. The number of benzene rings is 2. The Morgan fingerprint density at radius 2 is 1.81 bits per heavy atom.